The predicted octanol–water partition coefficient (Wildman–Crippen LogP) is 5.44. The minimum Gasteiger partial charge on any atom is -0.244 e. The molecule has 112 valence electrons. The third-order valence-corrected chi connectivity index (χ3v) is 3.58. The first-order valence-electron chi connectivity index (χ1n) is 7.61. The molecule has 1 heterocycles. The Morgan fingerprint density at radius 1 is 0.913 bits per heavy atom. The summed E-state index contributed by atoms with van der Waals surface area (Å²) in [6.07, 6.45) is 7.81. The molecule has 0 saturated carbocycles. The van der Waals surface area contributed by atoms with Gasteiger partial charge in [0.25, 0.3) is 0 Å². The fraction of sp³-hybridized carbons (Fsp3) is 0.0476. The van der Waals surface area contributed by atoms with Gasteiger partial charge >= 0.3 is 0 Å². The van der Waals surface area contributed by atoms with Crippen LogP contribution < -0.4 is 0 Å². The molecule has 0 amide bonds. The lowest BCUT2D eigenvalue weighted by atomic mass is 10.0. The van der Waals surface area contributed by atoms with Crippen LogP contribution >= 0.6 is 0 Å². The van der Waals surface area contributed by atoms with E-state index in [0.717, 1.165) is 33.6 Å². The fourth-order valence-electron chi connectivity index (χ4n) is 2.44. The molecule has 2 aromatic carbocycles. The summed E-state index contributed by atoms with van der Waals surface area (Å²) in [6, 6.07) is 18.1. The molecule has 0 fully saturated rings. The minimum absolute atomic E-state index is 0.850. The smallest absolute Gasteiger partial charge is 0.0973 e. The molecule has 0 radical (unpaired) electrons. The standard InChI is InChI=1S/C21H18N2/c1-3-5-11-16(4-2)20-21(17-12-7-6-8-13-17)23-19-15-10-9-14-18(19)22-20/h3-15H,2H2,1H3/b5-3-,16-11+. The predicted molar refractivity (Wildman–Crippen MR) is 98.0 cm³/mol. The molecular formula is C21H18N2. The average Bonchev–Trinajstić information content (AvgIpc) is 2.62. The van der Waals surface area contributed by atoms with Gasteiger partial charge in [-0.1, -0.05) is 73.3 Å². The van der Waals surface area contributed by atoms with E-state index < -0.39 is 0 Å². The molecule has 0 bridgehead atoms. The Morgan fingerprint density at radius 3 is 2.22 bits per heavy atom. The lowest BCUT2D eigenvalue weighted by Crippen LogP contribution is -1.97. The first kappa shape index (κ1) is 14.9. The summed E-state index contributed by atoms with van der Waals surface area (Å²) in [6.45, 7) is 5.92. The van der Waals surface area contributed by atoms with Gasteiger partial charge in [0.2, 0.25) is 0 Å². The molecule has 0 saturated heterocycles. The number of para-hydroxylation sites is 2. The first-order chi connectivity index (χ1) is 11.3. The first-order valence-corrected chi connectivity index (χ1v) is 7.61. The van der Waals surface area contributed by atoms with Crippen LogP contribution in [0, 0.1) is 0 Å². The maximum absolute atomic E-state index is 4.85. The number of rotatable bonds is 4. The van der Waals surface area contributed by atoms with Crippen molar-refractivity contribution in [1.29, 1.82) is 0 Å². The quantitative estimate of drug-likeness (QED) is 0.599. The Hall–Kier alpha value is -3.00. The number of aromatic nitrogens is 2. The highest BCUT2D eigenvalue weighted by Gasteiger charge is 2.12. The van der Waals surface area contributed by atoms with Gasteiger partial charge in [-0.15, -0.1) is 0 Å². The minimum atomic E-state index is 0.850. The van der Waals surface area contributed by atoms with Crippen LogP contribution in [-0.2, 0) is 0 Å². The number of hydrogen-bond acceptors (Lipinski definition) is 2. The maximum Gasteiger partial charge on any atom is 0.0973 e. The monoisotopic (exact) mass is 298 g/mol. The Balaban J connectivity index is 2.31. The second kappa shape index (κ2) is 6.84. The van der Waals surface area contributed by atoms with Crippen molar-refractivity contribution < 1.29 is 0 Å². The second-order valence-electron chi connectivity index (χ2n) is 5.13. The van der Waals surface area contributed by atoms with Crippen LogP contribution in [0.3, 0.4) is 0 Å². The molecule has 0 atom stereocenters. The number of nitrogens with zero attached hydrogens (tertiary/aromatic N) is 2. The molecule has 0 aliphatic heterocycles. The van der Waals surface area contributed by atoms with Crippen molar-refractivity contribution >= 4 is 16.6 Å². The van der Waals surface area contributed by atoms with Crippen molar-refractivity contribution in [1.82, 2.24) is 9.97 Å². The summed E-state index contributed by atoms with van der Waals surface area (Å²) in [5.41, 5.74) is 5.51. The highest BCUT2D eigenvalue weighted by molar-refractivity contribution is 5.87. The van der Waals surface area contributed by atoms with Gasteiger partial charge in [-0.05, 0) is 19.1 Å². The molecule has 23 heavy (non-hydrogen) atoms. The summed E-state index contributed by atoms with van der Waals surface area (Å²) in [5.74, 6) is 0. The van der Waals surface area contributed by atoms with E-state index in [1.54, 1.807) is 0 Å². The second-order valence-corrected chi connectivity index (χ2v) is 5.13. The van der Waals surface area contributed by atoms with Crippen molar-refractivity contribution in [3.8, 4) is 11.3 Å². The lowest BCUT2D eigenvalue weighted by Gasteiger charge is -2.10. The van der Waals surface area contributed by atoms with Gasteiger partial charge in [-0.2, -0.15) is 0 Å². The molecule has 0 aliphatic carbocycles. The highest BCUT2D eigenvalue weighted by Crippen LogP contribution is 2.28. The highest BCUT2D eigenvalue weighted by atomic mass is 14.8. The van der Waals surface area contributed by atoms with Crippen molar-refractivity contribution in [3.05, 3.63) is 91.2 Å². The zero-order valence-electron chi connectivity index (χ0n) is 13.1. The van der Waals surface area contributed by atoms with Gasteiger partial charge in [-0.3, -0.25) is 0 Å². The van der Waals surface area contributed by atoms with Gasteiger partial charge in [0, 0.05) is 11.1 Å². The van der Waals surface area contributed by atoms with E-state index in [2.05, 4.69) is 18.7 Å². The third kappa shape index (κ3) is 3.11. The molecule has 0 unspecified atom stereocenters. The summed E-state index contributed by atoms with van der Waals surface area (Å²) in [4.78, 5) is 9.69. The summed E-state index contributed by atoms with van der Waals surface area (Å²) >= 11 is 0. The normalized spacial score (nSPS) is 12.0. The zero-order valence-corrected chi connectivity index (χ0v) is 13.1. The average molecular weight is 298 g/mol. The maximum atomic E-state index is 4.85. The van der Waals surface area contributed by atoms with E-state index >= 15 is 0 Å². The van der Waals surface area contributed by atoms with Gasteiger partial charge < -0.3 is 0 Å². The molecule has 2 heteroatoms. The largest absolute Gasteiger partial charge is 0.244 e. The van der Waals surface area contributed by atoms with Crippen LogP contribution in [0.4, 0.5) is 0 Å². The van der Waals surface area contributed by atoms with E-state index in [1.165, 1.54) is 0 Å². The summed E-state index contributed by atoms with van der Waals surface area (Å²) < 4.78 is 0. The fourth-order valence-corrected chi connectivity index (χ4v) is 2.44. The molecule has 0 aliphatic rings. The van der Waals surface area contributed by atoms with Crippen molar-refractivity contribution in [3.63, 3.8) is 0 Å². The van der Waals surface area contributed by atoms with E-state index in [-0.39, 0.29) is 0 Å². The van der Waals surface area contributed by atoms with Crippen molar-refractivity contribution in [2.75, 3.05) is 0 Å². The number of fused-ring (bicyclic) bond motifs is 1. The van der Waals surface area contributed by atoms with E-state index in [4.69, 9.17) is 9.97 Å². The van der Waals surface area contributed by atoms with E-state index in [9.17, 15) is 0 Å². The van der Waals surface area contributed by atoms with Gasteiger partial charge in [0.15, 0.2) is 0 Å². The molecule has 3 aromatic rings. The van der Waals surface area contributed by atoms with Crippen LogP contribution in [0.15, 0.2) is 85.5 Å². The van der Waals surface area contributed by atoms with Crippen LogP contribution in [0.1, 0.15) is 12.6 Å². The molecular weight excluding hydrogens is 280 g/mol. The SMILES string of the molecule is C=C/C(=C\C=C/C)c1nc2ccccc2nc1-c1ccccc1. The van der Waals surface area contributed by atoms with Gasteiger partial charge in [-0.25, -0.2) is 9.97 Å². The van der Waals surface area contributed by atoms with Crippen molar-refractivity contribution in [2.24, 2.45) is 0 Å². The van der Waals surface area contributed by atoms with Crippen LogP contribution in [0.25, 0.3) is 27.9 Å². The molecule has 0 spiro atoms. The summed E-state index contributed by atoms with van der Waals surface area (Å²) in [5, 5.41) is 0. The Kier molecular flexibility index (Phi) is 4.44. The number of hydrogen-bond donors (Lipinski definition) is 0. The Morgan fingerprint density at radius 2 is 1.57 bits per heavy atom. The number of benzene rings is 2. The van der Waals surface area contributed by atoms with E-state index in [0.29, 0.717) is 0 Å². The van der Waals surface area contributed by atoms with E-state index in [1.807, 2.05) is 73.7 Å². The van der Waals surface area contributed by atoms with Crippen LogP contribution in [-0.4, -0.2) is 9.97 Å². The zero-order chi connectivity index (χ0) is 16.1. The number of allylic oxidation sites excluding steroid dienone is 5. The van der Waals surface area contributed by atoms with Crippen molar-refractivity contribution in [2.45, 2.75) is 6.92 Å². The Labute approximate surface area is 136 Å². The molecule has 0 N–H and O–H groups in total. The van der Waals surface area contributed by atoms with Crippen LogP contribution in [0.5, 0.6) is 0 Å². The Bertz CT molecular complexity index is 890. The lowest BCUT2D eigenvalue weighted by molar-refractivity contribution is 1.25. The summed E-state index contributed by atoms with van der Waals surface area (Å²) in [7, 11) is 0. The third-order valence-electron chi connectivity index (χ3n) is 3.58. The molecule has 1 aromatic heterocycles. The van der Waals surface area contributed by atoms with Crippen LogP contribution in [0.2, 0.25) is 0 Å². The topological polar surface area (TPSA) is 25.8 Å². The molecule has 2 nitrogen and oxygen atoms in total. The van der Waals surface area contributed by atoms with Gasteiger partial charge in [0.1, 0.15) is 0 Å². The molecule has 3 rings (SSSR count). The van der Waals surface area contributed by atoms with Gasteiger partial charge in [0.05, 0.1) is 22.4 Å².